The van der Waals surface area contributed by atoms with Crippen LogP contribution < -0.4 is 0 Å². The van der Waals surface area contributed by atoms with Crippen molar-refractivity contribution in [3.63, 3.8) is 0 Å². The molecule has 0 aromatic heterocycles. The number of nitriles is 1. The van der Waals surface area contributed by atoms with Crippen LogP contribution in [0.1, 0.15) is 5.56 Å². The molecule has 1 rings (SSSR count). The Bertz CT molecular complexity index is 400. The maximum Gasteiger partial charge on any atom is 0.415 e. The van der Waals surface area contributed by atoms with Crippen molar-refractivity contribution in [1.82, 2.24) is 4.90 Å². The zero-order chi connectivity index (χ0) is 13.6. The zero-order valence-electron chi connectivity index (χ0n) is 9.56. The molecule has 0 fully saturated rings. The smallest absolute Gasteiger partial charge is 0.382 e. The summed E-state index contributed by atoms with van der Waals surface area (Å²) < 4.78 is 36.7. The highest BCUT2D eigenvalue weighted by atomic mass is 19.4. The minimum absolute atomic E-state index is 0.165. The average Bonchev–Trinajstić information content (AvgIpc) is 2.29. The van der Waals surface area contributed by atoms with Gasteiger partial charge in [-0.05, 0) is 5.56 Å². The van der Waals surface area contributed by atoms with E-state index in [1.807, 2.05) is 0 Å². The van der Waals surface area contributed by atoms with Gasteiger partial charge in [-0.1, -0.05) is 30.3 Å². The molecule has 18 heavy (non-hydrogen) atoms. The second-order valence-electron chi connectivity index (χ2n) is 3.87. The number of halogens is 3. The van der Waals surface area contributed by atoms with Crippen LogP contribution in [0.25, 0.3) is 0 Å². The van der Waals surface area contributed by atoms with Crippen molar-refractivity contribution in [2.45, 2.75) is 18.8 Å². The fourth-order valence-electron chi connectivity index (χ4n) is 1.47. The van der Waals surface area contributed by atoms with Crippen LogP contribution >= 0.6 is 0 Å². The van der Waals surface area contributed by atoms with Gasteiger partial charge in [0, 0.05) is 13.1 Å². The number of aliphatic hydroxyl groups is 1. The first kappa shape index (κ1) is 14.5. The number of rotatable bonds is 5. The summed E-state index contributed by atoms with van der Waals surface area (Å²) >= 11 is 0. The van der Waals surface area contributed by atoms with E-state index in [2.05, 4.69) is 0 Å². The van der Waals surface area contributed by atoms with Gasteiger partial charge in [0.25, 0.3) is 0 Å². The van der Waals surface area contributed by atoms with Crippen LogP contribution in [-0.2, 0) is 6.54 Å². The highest BCUT2D eigenvalue weighted by molar-refractivity contribution is 5.14. The summed E-state index contributed by atoms with van der Waals surface area (Å²) in [7, 11) is 0. The molecule has 3 nitrogen and oxygen atoms in total. The van der Waals surface area contributed by atoms with Crippen molar-refractivity contribution in [2.75, 3.05) is 13.1 Å². The molecule has 1 aromatic rings. The molecule has 0 aliphatic heterocycles. The number of hydrogen-bond donors (Lipinski definition) is 1. The molecule has 0 heterocycles. The molecule has 6 heteroatoms. The molecule has 0 saturated heterocycles. The lowest BCUT2D eigenvalue weighted by Gasteiger charge is -2.23. The molecule has 1 aromatic carbocycles. The Morgan fingerprint density at radius 2 is 1.89 bits per heavy atom. The van der Waals surface area contributed by atoms with E-state index in [0.29, 0.717) is 0 Å². The number of alkyl halides is 3. The first-order valence-electron chi connectivity index (χ1n) is 5.31. The van der Waals surface area contributed by atoms with Gasteiger partial charge in [0.05, 0.1) is 12.6 Å². The van der Waals surface area contributed by atoms with Crippen LogP contribution in [0, 0.1) is 11.3 Å². The molecule has 0 radical (unpaired) electrons. The Kier molecular flexibility index (Phi) is 5.13. The third kappa shape index (κ3) is 4.73. The van der Waals surface area contributed by atoms with E-state index in [-0.39, 0.29) is 13.1 Å². The summed E-state index contributed by atoms with van der Waals surface area (Å²) in [6.45, 7) is -0.574. The van der Waals surface area contributed by atoms with Crippen molar-refractivity contribution in [3.8, 4) is 6.07 Å². The summed E-state index contributed by atoms with van der Waals surface area (Å²) in [6, 6.07) is 10.6. The predicted molar refractivity (Wildman–Crippen MR) is 59.4 cm³/mol. The first-order chi connectivity index (χ1) is 8.43. The van der Waals surface area contributed by atoms with Gasteiger partial charge in [-0.2, -0.15) is 18.4 Å². The van der Waals surface area contributed by atoms with E-state index in [1.165, 1.54) is 4.90 Å². The van der Waals surface area contributed by atoms with E-state index in [4.69, 9.17) is 10.4 Å². The van der Waals surface area contributed by atoms with Crippen molar-refractivity contribution in [2.24, 2.45) is 0 Å². The van der Waals surface area contributed by atoms with Crippen LogP contribution in [-0.4, -0.2) is 35.4 Å². The predicted octanol–water partition coefficient (Wildman–Crippen LogP) is 1.94. The second kappa shape index (κ2) is 6.38. The van der Waals surface area contributed by atoms with E-state index in [9.17, 15) is 13.2 Å². The van der Waals surface area contributed by atoms with Crippen LogP contribution in [0.4, 0.5) is 13.2 Å². The lowest BCUT2D eigenvalue weighted by Crippen LogP contribution is -2.40. The third-order valence-corrected chi connectivity index (χ3v) is 2.35. The lowest BCUT2D eigenvalue weighted by atomic mass is 10.2. The van der Waals surface area contributed by atoms with Crippen LogP contribution in [0.5, 0.6) is 0 Å². The summed E-state index contributed by atoms with van der Waals surface area (Å²) in [4.78, 5) is 1.26. The lowest BCUT2D eigenvalue weighted by molar-refractivity contribution is -0.208. The SMILES string of the molecule is N#CCN(Cc1ccccc1)CC(O)C(F)(F)F. The highest BCUT2D eigenvalue weighted by Gasteiger charge is 2.39. The van der Waals surface area contributed by atoms with Gasteiger partial charge in [-0.3, -0.25) is 4.90 Å². The monoisotopic (exact) mass is 258 g/mol. The molecule has 0 spiro atoms. The summed E-state index contributed by atoms with van der Waals surface area (Å²) in [6.07, 6.45) is -7.10. The quantitative estimate of drug-likeness (QED) is 0.821. The van der Waals surface area contributed by atoms with Gasteiger partial charge >= 0.3 is 6.18 Å². The standard InChI is InChI=1S/C12H13F3N2O/c13-12(14,15)11(18)9-17(7-6-16)8-10-4-2-1-3-5-10/h1-5,11,18H,7-9H2. The van der Waals surface area contributed by atoms with Crippen LogP contribution in [0.3, 0.4) is 0 Å². The Hall–Kier alpha value is -1.58. The number of nitrogens with zero attached hydrogens (tertiary/aromatic N) is 2. The van der Waals surface area contributed by atoms with Crippen molar-refractivity contribution < 1.29 is 18.3 Å². The Morgan fingerprint density at radius 1 is 1.28 bits per heavy atom. The molecule has 1 N–H and O–H groups in total. The molecule has 0 aliphatic rings. The van der Waals surface area contributed by atoms with E-state index >= 15 is 0 Å². The fourth-order valence-corrected chi connectivity index (χ4v) is 1.47. The van der Waals surface area contributed by atoms with E-state index in [1.54, 1.807) is 36.4 Å². The Balaban J connectivity index is 2.64. The van der Waals surface area contributed by atoms with Gasteiger partial charge in [0.1, 0.15) is 0 Å². The molecular weight excluding hydrogens is 245 g/mol. The minimum Gasteiger partial charge on any atom is -0.382 e. The second-order valence-corrected chi connectivity index (χ2v) is 3.87. The number of aliphatic hydroxyl groups excluding tert-OH is 1. The average molecular weight is 258 g/mol. The minimum atomic E-state index is -4.66. The molecule has 98 valence electrons. The molecule has 0 bridgehead atoms. The van der Waals surface area contributed by atoms with Gasteiger partial charge in [0.15, 0.2) is 6.10 Å². The molecule has 0 amide bonds. The molecular formula is C12H13F3N2O. The molecule has 0 saturated carbocycles. The zero-order valence-corrected chi connectivity index (χ0v) is 9.56. The van der Waals surface area contributed by atoms with Gasteiger partial charge in [-0.15, -0.1) is 0 Å². The van der Waals surface area contributed by atoms with Gasteiger partial charge < -0.3 is 5.11 Å². The Labute approximate surface area is 103 Å². The summed E-state index contributed by atoms with van der Waals surface area (Å²) in [5.41, 5.74) is 0.794. The van der Waals surface area contributed by atoms with Crippen LogP contribution in [0.2, 0.25) is 0 Å². The molecule has 1 unspecified atom stereocenters. The van der Waals surface area contributed by atoms with Crippen LogP contribution in [0.15, 0.2) is 30.3 Å². The topological polar surface area (TPSA) is 47.3 Å². The van der Waals surface area contributed by atoms with E-state index < -0.39 is 18.8 Å². The molecule has 0 aliphatic carbocycles. The summed E-state index contributed by atoms with van der Waals surface area (Å²) in [5.74, 6) is 0. The number of benzene rings is 1. The third-order valence-electron chi connectivity index (χ3n) is 2.35. The fraction of sp³-hybridized carbons (Fsp3) is 0.417. The normalized spacial score (nSPS) is 13.3. The highest BCUT2D eigenvalue weighted by Crippen LogP contribution is 2.21. The maximum absolute atomic E-state index is 12.2. The van der Waals surface area contributed by atoms with Crippen molar-refractivity contribution >= 4 is 0 Å². The van der Waals surface area contributed by atoms with Crippen molar-refractivity contribution in [1.29, 1.82) is 5.26 Å². The first-order valence-corrected chi connectivity index (χ1v) is 5.31. The number of hydrogen-bond acceptors (Lipinski definition) is 3. The molecule has 1 atom stereocenters. The van der Waals surface area contributed by atoms with Crippen molar-refractivity contribution in [3.05, 3.63) is 35.9 Å². The van der Waals surface area contributed by atoms with Gasteiger partial charge in [-0.25, -0.2) is 0 Å². The summed E-state index contributed by atoms with van der Waals surface area (Å²) in [5, 5.41) is 17.6. The largest absolute Gasteiger partial charge is 0.415 e. The van der Waals surface area contributed by atoms with E-state index in [0.717, 1.165) is 5.56 Å². The van der Waals surface area contributed by atoms with Gasteiger partial charge in [0.2, 0.25) is 0 Å². The Morgan fingerprint density at radius 3 is 2.39 bits per heavy atom. The maximum atomic E-state index is 12.2.